The number of carbonyl (C=O) groups is 1. The summed E-state index contributed by atoms with van der Waals surface area (Å²) in [6.45, 7) is 1.10. The summed E-state index contributed by atoms with van der Waals surface area (Å²) in [5.41, 5.74) is 1.21. The van der Waals surface area contributed by atoms with E-state index in [-0.39, 0.29) is 23.9 Å². The molecule has 0 spiro atoms. The molecule has 0 aliphatic carbocycles. The average Bonchev–Trinajstić information content (AvgIpc) is 3.30. The van der Waals surface area contributed by atoms with Gasteiger partial charge in [0.15, 0.2) is 5.69 Å². The Labute approximate surface area is 175 Å². The van der Waals surface area contributed by atoms with Gasteiger partial charge in [-0.25, -0.2) is 13.1 Å². The molecule has 0 unspecified atom stereocenters. The fraction of sp³-hybridized carbons (Fsp3) is 0.238. The fourth-order valence-corrected chi connectivity index (χ4v) is 4.78. The number of aromatic nitrogens is 2. The van der Waals surface area contributed by atoms with E-state index in [4.69, 9.17) is 4.74 Å². The number of amides is 1. The van der Waals surface area contributed by atoms with Crippen LogP contribution in [0.25, 0.3) is 5.69 Å². The molecular formula is C21H22N4O4S. The van der Waals surface area contributed by atoms with E-state index in [0.717, 1.165) is 5.69 Å². The Morgan fingerprint density at radius 3 is 2.23 bits per heavy atom. The Morgan fingerprint density at radius 2 is 1.60 bits per heavy atom. The van der Waals surface area contributed by atoms with Gasteiger partial charge >= 0.3 is 0 Å². The van der Waals surface area contributed by atoms with Crippen LogP contribution < -0.4 is 4.74 Å². The standard InChI is InChI=1S/C21H22N4O4S/c1-29-18-7-9-19(10-8-18)30(27,28)24-15-13-23(14-16-24)21(26)20-11-12-25(22-20)17-5-3-2-4-6-17/h2-12H,13-16H2,1H3. The van der Waals surface area contributed by atoms with Crippen molar-refractivity contribution in [3.63, 3.8) is 0 Å². The summed E-state index contributed by atoms with van der Waals surface area (Å²) in [6, 6.07) is 17.5. The molecule has 1 saturated heterocycles. The van der Waals surface area contributed by atoms with Gasteiger partial charge in [-0.15, -0.1) is 0 Å². The van der Waals surface area contributed by atoms with E-state index in [2.05, 4.69) is 5.10 Å². The van der Waals surface area contributed by atoms with Gasteiger partial charge in [0.2, 0.25) is 10.0 Å². The van der Waals surface area contributed by atoms with E-state index < -0.39 is 10.0 Å². The fourth-order valence-electron chi connectivity index (χ4n) is 3.35. The molecular weight excluding hydrogens is 404 g/mol. The van der Waals surface area contributed by atoms with Crippen LogP contribution in [0.2, 0.25) is 0 Å². The number of nitrogens with zero attached hydrogens (tertiary/aromatic N) is 4. The first-order valence-electron chi connectivity index (χ1n) is 9.53. The van der Waals surface area contributed by atoms with Crippen LogP contribution in [0, 0.1) is 0 Å². The molecule has 1 aromatic heterocycles. The predicted octanol–water partition coefficient (Wildman–Crippen LogP) is 2.03. The van der Waals surface area contributed by atoms with E-state index in [1.807, 2.05) is 30.3 Å². The molecule has 1 fully saturated rings. The maximum Gasteiger partial charge on any atom is 0.274 e. The van der Waals surface area contributed by atoms with Crippen LogP contribution in [0.1, 0.15) is 10.5 Å². The molecule has 0 saturated carbocycles. The first-order chi connectivity index (χ1) is 14.5. The minimum absolute atomic E-state index is 0.203. The van der Waals surface area contributed by atoms with Gasteiger partial charge in [-0.2, -0.15) is 9.40 Å². The zero-order valence-electron chi connectivity index (χ0n) is 16.5. The molecule has 4 rings (SSSR count). The summed E-state index contributed by atoms with van der Waals surface area (Å²) >= 11 is 0. The smallest absolute Gasteiger partial charge is 0.274 e. The summed E-state index contributed by atoms with van der Waals surface area (Å²) in [4.78, 5) is 14.7. The van der Waals surface area contributed by atoms with E-state index >= 15 is 0 Å². The van der Waals surface area contributed by atoms with Crippen molar-refractivity contribution in [3.8, 4) is 11.4 Å². The average molecular weight is 426 g/mol. The molecule has 0 N–H and O–H groups in total. The Hall–Kier alpha value is -3.17. The van der Waals surface area contributed by atoms with Crippen molar-refractivity contribution in [3.05, 3.63) is 72.6 Å². The van der Waals surface area contributed by atoms with Gasteiger partial charge in [0, 0.05) is 32.4 Å². The van der Waals surface area contributed by atoms with Gasteiger partial charge in [0.05, 0.1) is 17.7 Å². The highest BCUT2D eigenvalue weighted by atomic mass is 32.2. The van der Waals surface area contributed by atoms with Gasteiger partial charge < -0.3 is 9.64 Å². The van der Waals surface area contributed by atoms with E-state index in [0.29, 0.717) is 24.5 Å². The van der Waals surface area contributed by atoms with Crippen LogP contribution in [0.4, 0.5) is 0 Å². The van der Waals surface area contributed by atoms with E-state index in [1.165, 1.54) is 23.5 Å². The number of hydrogen-bond donors (Lipinski definition) is 0. The van der Waals surface area contributed by atoms with Crippen molar-refractivity contribution >= 4 is 15.9 Å². The summed E-state index contributed by atoms with van der Waals surface area (Å²) in [5.74, 6) is 0.394. The quantitative estimate of drug-likeness (QED) is 0.623. The Morgan fingerprint density at radius 1 is 0.933 bits per heavy atom. The van der Waals surface area contributed by atoms with Crippen LogP contribution in [0.15, 0.2) is 71.8 Å². The highest BCUT2D eigenvalue weighted by Gasteiger charge is 2.31. The summed E-state index contributed by atoms with van der Waals surface area (Å²) in [7, 11) is -2.08. The third kappa shape index (κ3) is 3.94. The Balaban J connectivity index is 1.41. The second kappa shape index (κ2) is 8.29. The first kappa shape index (κ1) is 20.1. The molecule has 2 heterocycles. The van der Waals surface area contributed by atoms with Crippen molar-refractivity contribution < 1.29 is 17.9 Å². The molecule has 1 aliphatic heterocycles. The molecule has 0 atom stereocenters. The lowest BCUT2D eigenvalue weighted by Gasteiger charge is -2.33. The first-order valence-corrected chi connectivity index (χ1v) is 11.0. The third-order valence-corrected chi connectivity index (χ3v) is 6.96. The van der Waals surface area contributed by atoms with E-state index in [9.17, 15) is 13.2 Å². The molecule has 1 aliphatic rings. The van der Waals surface area contributed by atoms with Crippen LogP contribution >= 0.6 is 0 Å². The van der Waals surface area contributed by atoms with Crippen molar-refractivity contribution in [2.45, 2.75) is 4.90 Å². The Bertz CT molecular complexity index is 1120. The molecule has 3 aromatic rings. The zero-order valence-corrected chi connectivity index (χ0v) is 17.3. The lowest BCUT2D eigenvalue weighted by Crippen LogP contribution is -2.50. The number of piperazine rings is 1. The SMILES string of the molecule is COc1ccc(S(=O)(=O)N2CCN(C(=O)c3ccn(-c4ccccc4)n3)CC2)cc1. The minimum Gasteiger partial charge on any atom is -0.497 e. The number of hydrogen-bond acceptors (Lipinski definition) is 5. The number of carbonyl (C=O) groups excluding carboxylic acids is 1. The maximum absolute atomic E-state index is 12.9. The van der Waals surface area contributed by atoms with Crippen LogP contribution in [0.3, 0.4) is 0 Å². The van der Waals surface area contributed by atoms with Gasteiger partial charge in [-0.05, 0) is 42.5 Å². The Kier molecular flexibility index (Phi) is 5.56. The summed E-state index contributed by atoms with van der Waals surface area (Å²) in [5, 5.41) is 4.37. The molecule has 2 aromatic carbocycles. The van der Waals surface area contributed by atoms with Gasteiger partial charge in [-0.1, -0.05) is 18.2 Å². The van der Waals surface area contributed by atoms with E-state index in [1.54, 1.807) is 34.0 Å². The summed E-state index contributed by atoms with van der Waals surface area (Å²) < 4.78 is 33.9. The second-order valence-electron chi connectivity index (χ2n) is 6.85. The van der Waals surface area contributed by atoms with Crippen LogP contribution in [-0.4, -0.2) is 66.6 Å². The molecule has 156 valence electrons. The van der Waals surface area contributed by atoms with Crippen molar-refractivity contribution in [2.75, 3.05) is 33.3 Å². The number of sulfonamides is 1. The zero-order chi connectivity index (χ0) is 21.1. The van der Waals surface area contributed by atoms with Gasteiger partial charge in [0.1, 0.15) is 5.75 Å². The van der Waals surface area contributed by atoms with Crippen molar-refractivity contribution in [2.24, 2.45) is 0 Å². The normalized spacial score (nSPS) is 15.2. The van der Waals surface area contributed by atoms with Crippen molar-refractivity contribution in [1.29, 1.82) is 0 Å². The molecule has 0 radical (unpaired) electrons. The van der Waals surface area contributed by atoms with Gasteiger partial charge in [-0.3, -0.25) is 4.79 Å². The second-order valence-corrected chi connectivity index (χ2v) is 8.79. The lowest BCUT2D eigenvalue weighted by molar-refractivity contribution is 0.0691. The topological polar surface area (TPSA) is 84.7 Å². The predicted molar refractivity (Wildman–Crippen MR) is 111 cm³/mol. The molecule has 1 amide bonds. The maximum atomic E-state index is 12.9. The molecule has 30 heavy (non-hydrogen) atoms. The number of ether oxygens (including phenoxy) is 1. The highest BCUT2D eigenvalue weighted by molar-refractivity contribution is 7.89. The molecule has 0 bridgehead atoms. The number of para-hydroxylation sites is 1. The van der Waals surface area contributed by atoms with Crippen LogP contribution in [0.5, 0.6) is 5.75 Å². The van der Waals surface area contributed by atoms with Gasteiger partial charge in [0.25, 0.3) is 5.91 Å². The number of rotatable bonds is 5. The lowest BCUT2D eigenvalue weighted by atomic mass is 10.3. The largest absolute Gasteiger partial charge is 0.497 e. The van der Waals surface area contributed by atoms with Crippen molar-refractivity contribution in [1.82, 2.24) is 19.0 Å². The molecule has 9 heteroatoms. The highest BCUT2D eigenvalue weighted by Crippen LogP contribution is 2.21. The third-order valence-electron chi connectivity index (χ3n) is 5.05. The minimum atomic E-state index is -3.61. The van der Waals surface area contributed by atoms with Crippen LogP contribution in [-0.2, 0) is 10.0 Å². The summed E-state index contributed by atoms with van der Waals surface area (Å²) in [6.07, 6.45) is 1.74. The number of benzene rings is 2. The monoisotopic (exact) mass is 426 g/mol. The molecule has 8 nitrogen and oxygen atoms in total. The number of methoxy groups -OCH3 is 1.